The monoisotopic (exact) mass is 630 g/mol. The van der Waals surface area contributed by atoms with Crippen LogP contribution in [-0.4, -0.2) is 22.8 Å². The van der Waals surface area contributed by atoms with Crippen molar-refractivity contribution in [2.45, 2.75) is 0 Å². The quantitative estimate of drug-likeness (QED) is 0.0681. The Morgan fingerprint density at radius 1 is 0.500 bits per heavy atom. The molecule has 0 radical (unpaired) electrons. The molecule has 0 aliphatic carbocycles. The Morgan fingerprint density at radius 3 is 1.20 bits per heavy atom. The predicted octanol–water partition coefficient (Wildman–Crippen LogP) is 9.69. The van der Waals surface area contributed by atoms with Gasteiger partial charge in [0.15, 0.2) is 12.6 Å². The number of aldehydes is 2. The van der Waals surface area contributed by atoms with Crippen LogP contribution in [0, 0.1) is 23.3 Å². The van der Waals surface area contributed by atoms with Gasteiger partial charge in [0.2, 0.25) is 34.8 Å². The number of azo groups is 2. The third-order valence-electron chi connectivity index (χ3n) is 6.10. The van der Waals surface area contributed by atoms with E-state index < -0.39 is 34.8 Å². The van der Waals surface area contributed by atoms with Crippen LogP contribution >= 0.6 is 0 Å². The first-order valence-electron chi connectivity index (χ1n) is 13.0. The van der Waals surface area contributed by atoms with Crippen LogP contribution in [0.5, 0.6) is 34.5 Å². The molecule has 2 N–H and O–H groups in total. The summed E-state index contributed by atoms with van der Waals surface area (Å²) in [5.74, 6) is -11.2. The number of aromatic hydroxyl groups is 2. The smallest absolute Gasteiger partial charge is 0.208 e. The fourth-order valence-electron chi connectivity index (χ4n) is 3.85. The molecule has 0 aliphatic heterocycles. The van der Waals surface area contributed by atoms with Crippen molar-refractivity contribution in [2.75, 3.05) is 0 Å². The van der Waals surface area contributed by atoms with E-state index in [0.717, 1.165) is 0 Å². The van der Waals surface area contributed by atoms with Gasteiger partial charge < -0.3 is 19.7 Å². The fourth-order valence-corrected chi connectivity index (χ4v) is 3.85. The highest BCUT2D eigenvalue weighted by Gasteiger charge is 2.29. The van der Waals surface area contributed by atoms with Gasteiger partial charge in [0.25, 0.3) is 0 Å². The number of benzene rings is 5. The SMILES string of the molecule is O=Cc1cc(N=Nc2cccc(Oc3c(F)c(F)c(Oc4cccc(N=Nc5ccc(O)c(C=O)c5)c4)c(F)c3F)c2)ccc1O. The highest BCUT2D eigenvalue weighted by molar-refractivity contribution is 5.81. The first-order chi connectivity index (χ1) is 22.2. The minimum atomic E-state index is -1.87. The van der Waals surface area contributed by atoms with Crippen LogP contribution in [0.25, 0.3) is 0 Å². The number of rotatable bonds is 10. The summed E-state index contributed by atoms with van der Waals surface area (Å²) >= 11 is 0. The maximum absolute atomic E-state index is 15.0. The lowest BCUT2D eigenvalue weighted by molar-refractivity contribution is 0.111. The summed E-state index contributed by atoms with van der Waals surface area (Å²) in [7, 11) is 0. The van der Waals surface area contributed by atoms with Gasteiger partial charge in [0.05, 0.1) is 33.9 Å². The second kappa shape index (κ2) is 13.5. The standard InChI is InChI=1S/C32H18F4N4O6/c33-27-29(35)32(46-24-6-2-4-20(14-24)38-40-22-8-10-26(44)18(12-22)16-42)30(36)28(34)31(27)45-23-5-1-3-19(13-23)37-39-21-7-9-25(43)17(11-21)15-41/h1-16,43-44H. The number of hydrogen-bond donors (Lipinski definition) is 2. The summed E-state index contributed by atoms with van der Waals surface area (Å²) in [6.45, 7) is 0. The average molecular weight is 631 g/mol. The van der Waals surface area contributed by atoms with Gasteiger partial charge in [-0.05, 0) is 60.7 Å². The number of carbonyl (C=O) groups is 2. The second-order valence-electron chi connectivity index (χ2n) is 9.23. The second-order valence-corrected chi connectivity index (χ2v) is 9.23. The number of nitrogens with zero attached hydrogens (tertiary/aromatic N) is 4. The lowest BCUT2D eigenvalue weighted by Crippen LogP contribution is -2.03. The summed E-state index contributed by atoms with van der Waals surface area (Å²) in [5.41, 5.74) is 0.618. The summed E-state index contributed by atoms with van der Waals surface area (Å²) in [6.07, 6.45) is 0.856. The van der Waals surface area contributed by atoms with Gasteiger partial charge in [-0.1, -0.05) is 12.1 Å². The summed E-state index contributed by atoms with van der Waals surface area (Å²) < 4.78 is 70.2. The summed E-state index contributed by atoms with van der Waals surface area (Å²) in [4.78, 5) is 22.0. The maximum atomic E-state index is 15.0. The van der Waals surface area contributed by atoms with Crippen LogP contribution in [0.15, 0.2) is 105 Å². The number of ether oxygens (including phenoxy) is 2. The largest absolute Gasteiger partial charge is 0.507 e. The van der Waals surface area contributed by atoms with Gasteiger partial charge in [-0.3, -0.25) is 9.59 Å². The third kappa shape index (κ3) is 6.86. The van der Waals surface area contributed by atoms with Crippen LogP contribution in [0.1, 0.15) is 20.7 Å². The Morgan fingerprint density at radius 2 is 0.848 bits per heavy atom. The van der Waals surface area contributed by atoms with Crippen LogP contribution in [-0.2, 0) is 0 Å². The van der Waals surface area contributed by atoms with Crippen LogP contribution in [0.2, 0.25) is 0 Å². The van der Waals surface area contributed by atoms with E-state index in [2.05, 4.69) is 20.5 Å². The topological polar surface area (TPSA) is 142 Å². The van der Waals surface area contributed by atoms with Crippen molar-refractivity contribution in [1.29, 1.82) is 0 Å². The van der Waals surface area contributed by atoms with Crippen molar-refractivity contribution < 1.29 is 46.8 Å². The third-order valence-corrected chi connectivity index (χ3v) is 6.10. The summed E-state index contributed by atoms with van der Waals surface area (Å²) in [5, 5.41) is 34.9. The van der Waals surface area contributed by atoms with E-state index in [4.69, 9.17) is 9.47 Å². The van der Waals surface area contributed by atoms with Crippen molar-refractivity contribution in [3.8, 4) is 34.5 Å². The van der Waals surface area contributed by atoms with Crippen LogP contribution < -0.4 is 9.47 Å². The number of phenols is 2. The van der Waals surface area contributed by atoms with Gasteiger partial charge in [-0.25, -0.2) is 0 Å². The Balaban J connectivity index is 1.35. The fraction of sp³-hybridized carbons (Fsp3) is 0. The normalized spacial score (nSPS) is 11.2. The van der Waals surface area contributed by atoms with E-state index in [1.54, 1.807) is 0 Å². The molecule has 0 aromatic heterocycles. The number of phenolic OH excluding ortho intramolecular Hbond substituents is 2. The van der Waals surface area contributed by atoms with E-state index in [0.29, 0.717) is 12.6 Å². The van der Waals surface area contributed by atoms with Crippen molar-refractivity contribution in [1.82, 2.24) is 0 Å². The molecular weight excluding hydrogens is 612 g/mol. The molecule has 14 heteroatoms. The maximum Gasteiger partial charge on any atom is 0.208 e. The first-order valence-corrected chi connectivity index (χ1v) is 13.0. The van der Waals surface area contributed by atoms with E-state index in [-0.39, 0.29) is 56.9 Å². The molecule has 0 saturated heterocycles. The zero-order valence-corrected chi connectivity index (χ0v) is 23.1. The molecule has 10 nitrogen and oxygen atoms in total. The molecule has 0 aliphatic rings. The molecule has 46 heavy (non-hydrogen) atoms. The van der Waals surface area contributed by atoms with E-state index in [9.17, 15) is 37.4 Å². The minimum absolute atomic E-state index is 0.0186. The lowest BCUT2D eigenvalue weighted by atomic mass is 10.2. The molecule has 0 unspecified atom stereocenters. The van der Waals surface area contributed by atoms with Gasteiger partial charge in [-0.2, -0.15) is 38.0 Å². The Bertz CT molecular complexity index is 1860. The molecule has 0 spiro atoms. The molecule has 0 bridgehead atoms. The average Bonchev–Trinajstić information content (AvgIpc) is 3.07. The van der Waals surface area contributed by atoms with Gasteiger partial charge in [-0.15, -0.1) is 0 Å². The Hall–Kier alpha value is -6.44. The van der Waals surface area contributed by atoms with Crippen LogP contribution in [0.3, 0.4) is 0 Å². The highest BCUT2D eigenvalue weighted by Crippen LogP contribution is 2.40. The number of halogens is 4. The first kappa shape index (κ1) is 31.0. The number of hydrogen-bond acceptors (Lipinski definition) is 10. The molecule has 0 fully saturated rings. The zero-order valence-electron chi connectivity index (χ0n) is 23.1. The van der Waals surface area contributed by atoms with Crippen LogP contribution in [0.4, 0.5) is 40.3 Å². The predicted molar refractivity (Wildman–Crippen MR) is 155 cm³/mol. The number of carbonyl (C=O) groups excluding carboxylic acids is 2. The molecular formula is C32H18F4N4O6. The van der Waals surface area contributed by atoms with E-state index in [1.807, 2.05) is 0 Å². The molecule has 0 amide bonds. The van der Waals surface area contributed by atoms with Crippen molar-refractivity contribution in [3.05, 3.63) is 119 Å². The van der Waals surface area contributed by atoms with Crippen molar-refractivity contribution >= 4 is 35.3 Å². The van der Waals surface area contributed by atoms with Gasteiger partial charge in [0, 0.05) is 12.1 Å². The molecule has 0 atom stereocenters. The highest BCUT2D eigenvalue weighted by atomic mass is 19.2. The molecule has 230 valence electrons. The molecule has 5 rings (SSSR count). The lowest BCUT2D eigenvalue weighted by Gasteiger charge is -2.14. The van der Waals surface area contributed by atoms with Crippen molar-refractivity contribution in [3.63, 3.8) is 0 Å². The van der Waals surface area contributed by atoms with Gasteiger partial charge >= 0.3 is 0 Å². The molecule has 0 saturated carbocycles. The van der Waals surface area contributed by atoms with E-state index >= 15 is 0 Å². The molecule has 0 heterocycles. The van der Waals surface area contributed by atoms with E-state index in [1.165, 1.54) is 84.9 Å². The van der Waals surface area contributed by atoms with Gasteiger partial charge in [0.1, 0.15) is 23.0 Å². The summed E-state index contributed by atoms with van der Waals surface area (Å²) in [6, 6.07) is 18.3. The van der Waals surface area contributed by atoms with Crippen molar-refractivity contribution in [2.24, 2.45) is 20.5 Å². The molecule has 5 aromatic rings. The Labute approximate surface area is 256 Å². The minimum Gasteiger partial charge on any atom is -0.507 e. The Kier molecular flexibility index (Phi) is 9.07. The molecule has 5 aromatic carbocycles. The zero-order chi connectivity index (χ0) is 32.8.